The summed E-state index contributed by atoms with van der Waals surface area (Å²) in [6.07, 6.45) is 0. The van der Waals surface area contributed by atoms with Gasteiger partial charge >= 0.3 is 11.8 Å². The third-order valence-electron chi connectivity index (χ3n) is 3.14. The number of carbonyl (C=O) groups excluding carboxylic acids is 1. The van der Waals surface area contributed by atoms with Crippen molar-refractivity contribution >= 4 is 11.6 Å². The zero-order valence-electron chi connectivity index (χ0n) is 13.1. The Morgan fingerprint density at radius 2 is 1.76 bits per heavy atom. The molecule has 0 bridgehead atoms. The third-order valence-corrected chi connectivity index (χ3v) is 3.14. The number of rotatable bonds is 3. The maximum Gasteiger partial charge on any atom is 0.313 e. The molecule has 2 aromatic rings. The van der Waals surface area contributed by atoms with Crippen LogP contribution in [0.3, 0.4) is 0 Å². The van der Waals surface area contributed by atoms with Crippen molar-refractivity contribution in [1.82, 2.24) is 10.2 Å². The van der Waals surface area contributed by atoms with Gasteiger partial charge in [-0.05, 0) is 23.1 Å². The van der Waals surface area contributed by atoms with E-state index in [1.54, 1.807) is 0 Å². The van der Waals surface area contributed by atoms with Crippen molar-refractivity contribution in [3.8, 4) is 0 Å². The fourth-order valence-corrected chi connectivity index (χ4v) is 1.80. The molecule has 1 amide bonds. The average Bonchev–Trinajstić information content (AvgIpc) is 2.88. The summed E-state index contributed by atoms with van der Waals surface area (Å²) < 4.78 is 5.32. The van der Waals surface area contributed by atoms with Crippen LogP contribution in [0.1, 0.15) is 62.7 Å². The Bertz CT molecular complexity index is 622. The van der Waals surface area contributed by atoms with Crippen LogP contribution >= 0.6 is 0 Å². The van der Waals surface area contributed by atoms with E-state index in [0.29, 0.717) is 11.6 Å². The highest BCUT2D eigenvalue weighted by molar-refractivity contribution is 6.00. The lowest BCUT2D eigenvalue weighted by Gasteiger charge is -2.19. The number of aromatic nitrogens is 2. The van der Waals surface area contributed by atoms with Gasteiger partial charge in [0, 0.05) is 11.6 Å². The lowest BCUT2D eigenvalue weighted by Crippen LogP contribution is -2.14. The van der Waals surface area contributed by atoms with Gasteiger partial charge in [-0.15, -0.1) is 10.2 Å². The Labute approximate surface area is 124 Å². The van der Waals surface area contributed by atoms with E-state index in [-0.39, 0.29) is 17.2 Å². The fraction of sp³-hybridized carbons (Fsp3) is 0.438. The summed E-state index contributed by atoms with van der Waals surface area (Å²) in [4.78, 5) is 12.0. The monoisotopic (exact) mass is 287 g/mol. The summed E-state index contributed by atoms with van der Waals surface area (Å²) in [7, 11) is 0. The first kappa shape index (κ1) is 15.2. The van der Waals surface area contributed by atoms with Gasteiger partial charge in [-0.2, -0.15) is 0 Å². The first-order valence-corrected chi connectivity index (χ1v) is 7.02. The van der Waals surface area contributed by atoms with E-state index in [2.05, 4.69) is 36.3 Å². The maximum absolute atomic E-state index is 12.0. The van der Waals surface area contributed by atoms with Gasteiger partial charge in [0.1, 0.15) is 0 Å². The molecule has 0 aliphatic rings. The van der Waals surface area contributed by atoms with Crippen molar-refractivity contribution in [2.75, 3.05) is 5.32 Å². The number of hydrogen-bond acceptors (Lipinski definition) is 4. The fourth-order valence-electron chi connectivity index (χ4n) is 1.80. The van der Waals surface area contributed by atoms with Gasteiger partial charge in [0.25, 0.3) is 0 Å². The molecule has 0 aliphatic heterocycles. The minimum absolute atomic E-state index is 0.0152. The number of nitrogens with zero attached hydrogens (tertiary/aromatic N) is 2. The van der Waals surface area contributed by atoms with Crippen LogP contribution in [-0.2, 0) is 5.41 Å². The molecule has 5 heteroatoms. The van der Waals surface area contributed by atoms with E-state index in [0.717, 1.165) is 0 Å². The molecule has 112 valence electrons. The molecule has 1 N–H and O–H groups in total. The van der Waals surface area contributed by atoms with Gasteiger partial charge in [-0.1, -0.05) is 46.8 Å². The molecule has 0 spiro atoms. The predicted molar refractivity (Wildman–Crippen MR) is 81.5 cm³/mol. The first-order valence-electron chi connectivity index (χ1n) is 7.02. The molecule has 0 radical (unpaired) electrons. The van der Waals surface area contributed by atoms with Crippen LogP contribution in [0.4, 0.5) is 5.69 Å². The SMILES string of the molecule is CC(C)c1nnc(C(=O)Nc2ccc(C(C)(C)C)cc2)o1. The molecule has 1 aromatic carbocycles. The minimum atomic E-state index is -0.391. The summed E-state index contributed by atoms with van der Waals surface area (Å²) in [5.74, 6) is 0.157. The molecular formula is C16H21N3O2. The van der Waals surface area contributed by atoms with E-state index in [1.165, 1.54) is 5.56 Å². The van der Waals surface area contributed by atoms with Crippen LogP contribution in [0, 0.1) is 0 Å². The Hall–Kier alpha value is -2.17. The topological polar surface area (TPSA) is 68.0 Å². The van der Waals surface area contributed by atoms with Gasteiger partial charge in [-0.25, -0.2) is 0 Å². The Morgan fingerprint density at radius 1 is 1.14 bits per heavy atom. The maximum atomic E-state index is 12.0. The number of benzene rings is 1. The van der Waals surface area contributed by atoms with E-state index < -0.39 is 5.91 Å². The molecular weight excluding hydrogens is 266 g/mol. The van der Waals surface area contributed by atoms with E-state index in [9.17, 15) is 4.79 Å². The van der Waals surface area contributed by atoms with Crippen LogP contribution in [0.5, 0.6) is 0 Å². The number of amides is 1. The van der Waals surface area contributed by atoms with Crippen molar-refractivity contribution in [3.05, 3.63) is 41.6 Å². The molecule has 0 aliphatic carbocycles. The van der Waals surface area contributed by atoms with E-state index in [4.69, 9.17) is 4.42 Å². The van der Waals surface area contributed by atoms with Crippen molar-refractivity contribution in [2.45, 2.75) is 46.0 Å². The zero-order valence-corrected chi connectivity index (χ0v) is 13.1. The summed E-state index contributed by atoms with van der Waals surface area (Å²) in [5, 5.41) is 10.4. The van der Waals surface area contributed by atoms with Crippen LogP contribution in [0.15, 0.2) is 28.7 Å². The summed E-state index contributed by atoms with van der Waals surface area (Å²) in [6.45, 7) is 10.3. The van der Waals surface area contributed by atoms with Gasteiger partial charge in [0.2, 0.25) is 5.89 Å². The molecule has 5 nitrogen and oxygen atoms in total. The summed E-state index contributed by atoms with van der Waals surface area (Å²) in [5.41, 5.74) is 2.00. The second-order valence-electron chi connectivity index (χ2n) is 6.38. The highest BCUT2D eigenvalue weighted by Gasteiger charge is 2.17. The molecule has 1 aromatic heterocycles. The van der Waals surface area contributed by atoms with Gasteiger partial charge < -0.3 is 9.73 Å². The van der Waals surface area contributed by atoms with Crippen LogP contribution in [-0.4, -0.2) is 16.1 Å². The number of carbonyl (C=O) groups is 1. The lowest BCUT2D eigenvalue weighted by atomic mass is 9.87. The number of nitrogens with one attached hydrogen (secondary N) is 1. The summed E-state index contributed by atoms with van der Waals surface area (Å²) in [6, 6.07) is 7.75. The predicted octanol–water partition coefficient (Wildman–Crippen LogP) is 3.74. The molecule has 21 heavy (non-hydrogen) atoms. The van der Waals surface area contributed by atoms with Crippen LogP contribution in [0.25, 0.3) is 0 Å². The van der Waals surface area contributed by atoms with Crippen LogP contribution < -0.4 is 5.32 Å². The van der Waals surface area contributed by atoms with E-state index >= 15 is 0 Å². The standard InChI is InChI=1S/C16H21N3O2/c1-10(2)14-18-19-15(21-14)13(20)17-12-8-6-11(7-9-12)16(3,4)5/h6-10H,1-5H3,(H,17,20). The molecule has 0 fully saturated rings. The van der Waals surface area contributed by atoms with Crippen LogP contribution in [0.2, 0.25) is 0 Å². The Kier molecular flexibility index (Phi) is 4.11. The normalized spacial score (nSPS) is 11.7. The highest BCUT2D eigenvalue weighted by Crippen LogP contribution is 2.23. The molecule has 2 rings (SSSR count). The van der Waals surface area contributed by atoms with Gasteiger partial charge in [0.15, 0.2) is 0 Å². The quantitative estimate of drug-likeness (QED) is 0.933. The second-order valence-corrected chi connectivity index (χ2v) is 6.38. The van der Waals surface area contributed by atoms with Gasteiger partial charge in [0.05, 0.1) is 0 Å². The zero-order chi connectivity index (χ0) is 15.6. The molecule has 0 atom stereocenters. The lowest BCUT2D eigenvalue weighted by molar-refractivity contribution is 0.0988. The number of anilines is 1. The molecule has 0 saturated carbocycles. The molecule has 0 unspecified atom stereocenters. The van der Waals surface area contributed by atoms with Crippen molar-refractivity contribution in [2.24, 2.45) is 0 Å². The molecule has 0 saturated heterocycles. The average molecular weight is 287 g/mol. The highest BCUT2D eigenvalue weighted by atomic mass is 16.4. The first-order chi connectivity index (χ1) is 9.77. The smallest absolute Gasteiger partial charge is 0.313 e. The molecule has 1 heterocycles. The Balaban J connectivity index is 2.08. The Morgan fingerprint density at radius 3 is 2.24 bits per heavy atom. The third kappa shape index (κ3) is 3.68. The second kappa shape index (κ2) is 5.68. The minimum Gasteiger partial charge on any atom is -0.417 e. The van der Waals surface area contributed by atoms with Crippen molar-refractivity contribution in [3.63, 3.8) is 0 Å². The van der Waals surface area contributed by atoms with E-state index in [1.807, 2.05) is 38.1 Å². The van der Waals surface area contributed by atoms with Crippen molar-refractivity contribution in [1.29, 1.82) is 0 Å². The van der Waals surface area contributed by atoms with Crippen molar-refractivity contribution < 1.29 is 9.21 Å². The van der Waals surface area contributed by atoms with Gasteiger partial charge in [-0.3, -0.25) is 4.79 Å². The largest absolute Gasteiger partial charge is 0.417 e. The summed E-state index contributed by atoms with van der Waals surface area (Å²) >= 11 is 0. The number of hydrogen-bond donors (Lipinski definition) is 1.